The summed E-state index contributed by atoms with van der Waals surface area (Å²) >= 11 is 0. The second-order valence-corrected chi connectivity index (χ2v) is 6.27. The molecule has 6 nitrogen and oxygen atoms in total. The van der Waals surface area contributed by atoms with Gasteiger partial charge in [-0.1, -0.05) is 6.07 Å². The van der Waals surface area contributed by atoms with Crippen molar-refractivity contribution in [1.29, 1.82) is 0 Å². The van der Waals surface area contributed by atoms with Gasteiger partial charge in [-0.3, -0.25) is 0 Å². The molecule has 122 valence electrons. The fourth-order valence-corrected chi connectivity index (χ4v) is 2.93. The molecule has 0 saturated carbocycles. The van der Waals surface area contributed by atoms with E-state index < -0.39 is 0 Å². The maximum Gasteiger partial charge on any atom is 0.134 e. The first-order chi connectivity index (χ1) is 11.0. The minimum Gasteiger partial charge on any atom is -0.363 e. The van der Waals surface area contributed by atoms with E-state index in [2.05, 4.69) is 43.9 Å². The Morgan fingerprint density at radius 1 is 1.13 bits per heavy atom. The lowest BCUT2D eigenvalue weighted by Gasteiger charge is -2.26. The van der Waals surface area contributed by atoms with Crippen LogP contribution >= 0.6 is 0 Å². The summed E-state index contributed by atoms with van der Waals surface area (Å²) in [5.41, 5.74) is 1.06. The molecule has 0 aliphatic carbocycles. The molecule has 6 heteroatoms. The largest absolute Gasteiger partial charge is 0.363 e. The summed E-state index contributed by atoms with van der Waals surface area (Å²) in [7, 11) is 6.10. The Bertz CT molecular complexity index is 672. The minimum absolute atomic E-state index is 0.433. The molecule has 2 aromatic heterocycles. The first-order valence-corrected chi connectivity index (χ1v) is 7.95. The van der Waals surface area contributed by atoms with Crippen molar-refractivity contribution in [3.63, 3.8) is 0 Å². The Balaban J connectivity index is 1.72. The van der Waals surface area contributed by atoms with E-state index in [0.717, 1.165) is 42.7 Å². The van der Waals surface area contributed by atoms with Gasteiger partial charge in [-0.25, -0.2) is 15.0 Å². The van der Waals surface area contributed by atoms with Crippen molar-refractivity contribution >= 4 is 17.5 Å². The van der Waals surface area contributed by atoms with Crippen LogP contribution in [0.3, 0.4) is 0 Å². The molecule has 0 aromatic carbocycles. The molecule has 1 aliphatic heterocycles. The zero-order chi connectivity index (χ0) is 16.4. The van der Waals surface area contributed by atoms with Crippen molar-refractivity contribution in [2.75, 3.05) is 48.9 Å². The Morgan fingerprint density at radius 2 is 1.91 bits per heavy atom. The van der Waals surface area contributed by atoms with Crippen LogP contribution < -0.4 is 14.7 Å². The van der Waals surface area contributed by atoms with Gasteiger partial charge in [-0.15, -0.1) is 0 Å². The van der Waals surface area contributed by atoms with Crippen molar-refractivity contribution in [3.8, 4) is 0 Å². The monoisotopic (exact) mass is 312 g/mol. The summed E-state index contributed by atoms with van der Waals surface area (Å²) in [6.45, 7) is 4.03. The topological polar surface area (TPSA) is 48.4 Å². The van der Waals surface area contributed by atoms with E-state index in [0.29, 0.717) is 6.04 Å². The SMILES string of the molecule is Cc1cccc(N2CCC(N(C)c3cc(N(C)C)ncn3)C2)n1. The summed E-state index contributed by atoms with van der Waals surface area (Å²) in [4.78, 5) is 20.0. The molecule has 1 unspecified atom stereocenters. The molecule has 1 atom stereocenters. The highest BCUT2D eigenvalue weighted by atomic mass is 15.3. The van der Waals surface area contributed by atoms with Crippen molar-refractivity contribution in [2.45, 2.75) is 19.4 Å². The van der Waals surface area contributed by atoms with E-state index in [9.17, 15) is 0 Å². The molecule has 1 fully saturated rings. The van der Waals surface area contributed by atoms with Crippen molar-refractivity contribution in [1.82, 2.24) is 15.0 Å². The van der Waals surface area contributed by atoms with Gasteiger partial charge >= 0.3 is 0 Å². The van der Waals surface area contributed by atoms with Gasteiger partial charge < -0.3 is 14.7 Å². The first-order valence-electron chi connectivity index (χ1n) is 7.95. The fraction of sp³-hybridized carbons (Fsp3) is 0.471. The van der Waals surface area contributed by atoms with E-state index in [1.54, 1.807) is 6.33 Å². The van der Waals surface area contributed by atoms with Crippen LogP contribution in [0.1, 0.15) is 12.1 Å². The number of pyridine rings is 1. The van der Waals surface area contributed by atoms with E-state index >= 15 is 0 Å². The predicted octanol–water partition coefficient (Wildman–Crippen LogP) is 1.96. The van der Waals surface area contributed by atoms with Gasteiger partial charge in [-0.05, 0) is 25.5 Å². The fourth-order valence-electron chi connectivity index (χ4n) is 2.93. The third-order valence-corrected chi connectivity index (χ3v) is 4.37. The number of likely N-dealkylation sites (N-methyl/N-ethyl adjacent to an activating group) is 1. The molecule has 23 heavy (non-hydrogen) atoms. The molecule has 3 heterocycles. The van der Waals surface area contributed by atoms with Crippen molar-refractivity contribution in [3.05, 3.63) is 36.3 Å². The first kappa shape index (κ1) is 15.5. The third kappa shape index (κ3) is 3.36. The van der Waals surface area contributed by atoms with Gasteiger partial charge in [0, 0.05) is 52.0 Å². The zero-order valence-corrected chi connectivity index (χ0v) is 14.3. The van der Waals surface area contributed by atoms with Gasteiger partial charge in [-0.2, -0.15) is 0 Å². The highest BCUT2D eigenvalue weighted by Crippen LogP contribution is 2.24. The molecule has 0 spiro atoms. The number of anilines is 3. The van der Waals surface area contributed by atoms with E-state index in [-0.39, 0.29) is 0 Å². The van der Waals surface area contributed by atoms with Gasteiger partial charge in [0.25, 0.3) is 0 Å². The Labute approximate surface area is 137 Å². The second kappa shape index (κ2) is 6.40. The molecular formula is C17H24N6. The molecule has 3 rings (SSSR count). The number of hydrogen-bond acceptors (Lipinski definition) is 6. The summed E-state index contributed by atoms with van der Waals surface area (Å²) in [5, 5.41) is 0. The van der Waals surface area contributed by atoms with E-state index in [4.69, 9.17) is 0 Å². The number of nitrogens with zero attached hydrogens (tertiary/aromatic N) is 6. The normalized spacial score (nSPS) is 17.4. The highest BCUT2D eigenvalue weighted by Gasteiger charge is 2.27. The van der Waals surface area contributed by atoms with Gasteiger partial charge in [0.05, 0.1) is 0 Å². The standard InChI is InChI=1S/C17H24N6/c1-13-6-5-7-15(20-13)23-9-8-14(11-23)22(4)17-10-16(21(2)3)18-12-19-17/h5-7,10,12,14H,8-9,11H2,1-4H3. The van der Waals surface area contributed by atoms with Crippen LogP contribution in [0, 0.1) is 6.92 Å². The molecular weight excluding hydrogens is 288 g/mol. The van der Waals surface area contributed by atoms with Gasteiger partial charge in [0.2, 0.25) is 0 Å². The van der Waals surface area contributed by atoms with E-state index in [1.807, 2.05) is 38.1 Å². The molecule has 0 radical (unpaired) electrons. The number of rotatable bonds is 4. The van der Waals surface area contributed by atoms with Crippen molar-refractivity contribution in [2.24, 2.45) is 0 Å². The zero-order valence-electron chi connectivity index (χ0n) is 14.3. The third-order valence-electron chi connectivity index (χ3n) is 4.37. The highest BCUT2D eigenvalue weighted by molar-refractivity contribution is 5.51. The van der Waals surface area contributed by atoms with Crippen LogP contribution in [0.25, 0.3) is 0 Å². The molecule has 2 aromatic rings. The van der Waals surface area contributed by atoms with Gasteiger partial charge in [0.15, 0.2) is 0 Å². The quantitative estimate of drug-likeness (QED) is 0.860. The minimum atomic E-state index is 0.433. The summed E-state index contributed by atoms with van der Waals surface area (Å²) < 4.78 is 0. The maximum atomic E-state index is 4.63. The lowest BCUT2D eigenvalue weighted by atomic mass is 10.2. The molecule has 0 bridgehead atoms. The predicted molar refractivity (Wildman–Crippen MR) is 94.4 cm³/mol. The average Bonchev–Trinajstić information content (AvgIpc) is 3.04. The van der Waals surface area contributed by atoms with Crippen LogP contribution in [0.5, 0.6) is 0 Å². The lowest BCUT2D eigenvalue weighted by Crippen LogP contribution is -2.35. The summed E-state index contributed by atoms with van der Waals surface area (Å²) in [5.74, 6) is 2.96. The molecule has 0 N–H and O–H groups in total. The average molecular weight is 312 g/mol. The molecule has 1 aliphatic rings. The maximum absolute atomic E-state index is 4.63. The van der Waals surface area contributed by atoms with Crippen LogP contribution in [0.4, 0.5) is 17.5 Å². The Kier molecular flexibility index (Phi) is 4.32. The van der Waals surface area contributed by atoms with E-state index in [1.165, 1.54) is 0 Å². The Morgan fingerprint density at radius 3 is 2.65 bits per heavy atom. The van der Waals surface area contributed by atoms with Crippen LogP contribution in [-0.2, 0) is 0 Å². The van der Waals surface area contributed by atoms with Crippen molar-refractivity contribution < 1.29 is 0 Å². The summed E-state index contributed by atoms with van der Waals surface area (Å²) in [6, 6.07) is 8.66. The number of hydrogen-bond donors (Lipinski definition) is 0. The smallest absolute Gasteiger partial charge is 0.134 e. The van der Waals surface area contributed by atoms with Gasteiger partial charge in [0.1, 0.15) is 23.8 Å². The number of aromatic nitrogens is 3. The van der Waals surface area contributed by atoms with Crippen LogP contribution in [0.15, 0.2) is 30.6 Å². The summed E-state index contributed by atoms with van der Waals surface area (Å²) in [6.07, 6.45) is 2.74. The molecule has 1 saturated heterocycles. The lowest BCUT2D eigenvalue weighted by molar-refractivity contribution is 0.683. The number of aryl methyl sites for hydroxylation is 1. The van der Waals surface area contributed by atoms with Crippen LogP contribution in [0.2, 0.25) is 0 Å². The van der Waals surface area contributed by atoms with Crippen LogP contribution in [-0.4, -0.2) is 55.2 Å². The molecule has 0 amide bonds. The second-order valence-electron chi connectivity index (χ2n) is 6.27. The Hall–Kier alpha value is -2.37.